The number of fused-ring (bicyclic) bond motifs is 1. The SMILES string of the molecule is CCCCOc1nc(N)c2ncn([C@H]3O[C@H](CO)[C@@H](O)[C@H]3O)c2n1. The Kier molecular flexibility index (Phi) is 4.81. The first kappa shape index (κ1) is 16.8. The number of rotatable bonds is 6. The molecule has 2 aromatic heterocycles. The fourth-order valence-corrected chi connectivity index (χ4v) is 2.59. The first-order valence-corrected chi connectivity index (χ1v) is 7.82. The summed E-state index contributed by atoms with van der Waals surface area (Å²) in [5, 5.41) is 29.3. The second kappa shape index (κ2) is 6.85. The summed E-state index contributed by atoms with van der Waals surface area (Å²) in [6.07, 6.45) is -1.06. The number of hydrogen-bond donors (Lipinski definition) is 4. The van der Waals surface area contributed by atoms with Crippen molar-refractivity contribution < 1.29 is 24.8 Å². The van der Waals surface area contributed by atoms with Crippen LogP contribution in [0, 0.1) is 0 Å². The molecule has 24 heavy (non-hydrogen) atoms. The number of unbranched alkanes of at least 4 members (excludes halogenated alkanes) is 1. The van der Waals surface area contributed by atoms with Crippen LogP contribution in [0.1, 0.15) is 26.0 Å². The van der Waals surface area contributed by atoms with Crippen LogP contribution >= 0.6 is 0 Å². The lowest BCUT2D eigenvalue weighted by Gasteiger charge is -2.16. The summed E-state index contributed by atoms with van der Waals surface area (Å²) in [6.45, 7) is 2.09. The van der Waals surface area contributed by atoms with Gasteiger partial charge < -0.3 is 30.5 Å². The highest BCUT2D eigenvalue weighted by Crippen LogP contribution is 2.32. The van der Waals surface area contributed by atoms with Gasteiger partial charge in [0.25, 0.3) is 0 Å². The molecule has 0 saturated carbocycles. The van der Waals surface area contributed by atoms with Gasteiger partial charge in [-0.15, -0.1) is 0 Å². The van der Waals surface area contributed by atoms with Gasteiger partial charge in [0.05, 0.1) is 19.5 Å². The monoisotopic (exact) mass is 339 g/mol. The minimum atomic E-state index is -1.24. The Labute approximate surface area is 137 Å². The zero-order chi connectivity index (χ0) is 17.3. The van der Waals surface area contributed by atoms with Crippen LogP contribution in [0.3, 0.4) is 0 Å². The summed E-state index contributed by atoms with van der Waals surface area (Å²) < 4.78 is 12.4. The number of nitrogen functional groups attached to an aromatic ring is 1. The lowest BCUT2D eigenvalue weighted by molar-refractivity contribution is -0.0511. The van der Waals surface area contributed by atoms with Crippen LogP contribution in [0.25, 0.3) is 11.2 Å². The van der Waals surface area contributed by atoms with E-state index in [1.165, 1.54) is 10.9 Å². The van der Waals surface area contributed by atoms with Crippen molar-refractivity contribution in [1.29, 1.82) is 0 Å². The molecule has 2 aromatic rings. The first-order chi connectivity index (χ1) is 11.6. The number of aliphatic hydroxyl groups excluding tert-OH is 3. The van der Waals surface area contributed by atoms with Crippen molar-refractivity contribution in [2.24, 2.45) is 0 Å². The Hall–Kier alpha value is -2.01. The van der Waals surface area contributed by atoms with E-state index in [0.29, 0.717) is 17.8 Å². The van der Waals surface area contributed by atoms with E-state index in [1.54, 1.807) is 0 Å². The van der Waals surface area contributed by atoms with E-state index >= 15 is 0 Å². The molecular formula is C14H21N5O5. The molecule has 1 fully saturated rings. The maximum Gasteiger partial charge on any atom is 0.320 e. The van der Waals surface area contributed by atoms with Crippen LogP contribution in [0.15, 0.2) is 6.33 Å². The zero-order valence-corrected chi connectivity index (χ0v) is 13.2. The van der Waals surface area contributed by atoms with Gasteiger partial charge in [-0.2, -0.15) is 9.97 Å². The molecule has 10 heteroatoms. The normalized spacial score (nSPS) is 27.0. The van der Waals surface area contributed by atoms with E-state index in [-0.39, 0.29) is 11.8 Å². The molecule has 0 bridgehead atoms. The number of hydrogen-bond acceptors (Lipinski definition) is 9. The second-order valence-corrected chi connectivity index (χ2v) is 5.65. The van der Waals surface area contributed by atoms with Gasteiger partial charge in [-0.25, -0.2) is 4.98 Å². The first-order valence-electron chi connectivity index (χ1n) is 7.82. The predicted octanol–water partition coefficient (Wildman–Crippen LogP) is -0.801. The summed E-state index contributed by atoms with van der Waals surface area (Å²) >= 11 is 0. The zero-order valence-electron chi connectivity index (χ0n) is 13.2. The number of nitrogens with two attached hydrogens (primary N) is 1. The van der Waals surface area contributed by atoms with Crippen molar-refractivity contribution in [3.05, 3.63) is 6.33 Å². The smallest absolute Gasteiger partial charge is 0.320 e. The third kappa shape index (κ3) is 2.88. The number of aromatic nitrogens is 4. The van der Waals surface area contributed by atoms with E-state index in [1.807, 2.05) is 6.92 Å². The predicted molar refractivity (Wildman–Crippen MR) is 83.1 cm³/mol. The highest BCUT2D eigenvalue weighted by molar-refractivity contribution is 5.82. The van der Waals surface area contributed by atoms with Crippen LogP contribution < -0.4 is 10.5 Å². The summed E-state index contributed by atoms with van der Waals surface area (Å²) in [4.78, 5) is 12.5. The fraction of sp³-hybridized carbons (Fsp3) is 0.643. The minimum Gasteiger partial charge on any atom is -0.463 e. The second-order valence-electron chi connectivity index (χ2n) is 5.65. The van der Waals surface area contributed by atoms with E-state index in [9.17, 15) is 15.3 Å². The average molecular weight is 339 g/mol. The van der Waals surface area contributed by atoms with Crippen molar-refractivity contribution in [3.63, 3.8) is 0 Å². The van der Waals surface area contributed by atoms with Crippen molar-refractivity contribution in [2.75, 3.05) is 18.9 Å². The highest BCUT2D eigenvalue weighted by atomic mass is 16.6. The summed E-state index contributed by atoms with van der Waals surface area (Å²) in [6, 6.07) is 0.113. The Bertz CT molecular complexity index is 708. The lowest BCUT2D eigenvalue weighted by atomic mass is 10.1. The molecule has 132 valence electrons. The van der Waals surface area contributed by atoms with Gasteiger partial charge >= 0.3 is 6.01 Å². The lowest BCUT2D eigenvalue weighted by Crippen LogP contribution is -2.33. The summed E-state index contributed by atoms with van der Waals surface area (Å²) in [7, 11) is 0. The quantitative estimate of drug-likeness (QED) is 0.496. The average Bonchev–Trinajstić information content (AvgIpc) is 3.10. The molecule has 1 aliphatic rings. The molecule has 0 amide bonds. The fourth-order valence-electron chi connectivity index (χ4n) is 2.59. The molecule has 3 heterocycles. The van der Waals surface area contributed by atoms with Crippen molar-refractivity contribution in [1.82, 2.24) is 19.5 Å². The van der Waals surface area contributed by atoms with Crippen LogP contribution in [0.2, 0.25) is 0 Å². The van der Waals surface area contributed by atoms with Gasteiger partial charge in [-0.3, -0.25) is 4.57 Å². The number of imidazole rings is 1. The topological polar surface area (TPSA) is 149 Å². The molecule has 3 rings (SSSR count). The van der Waals surface area contributed by atoms with E-state index in [4.69, 9.17) is 15.2 Å². The summed E-state index contributed by atoms with van der Waals surface area (Å²) in [5.74, 6) is 0.150. The van der Waals surface area contributed by atoms with Crippen LogP contribution in [0.4, 0.5) is 5.82 Å². The molecule has 0 aliphatic carbocycles. The van der Waals surface area contributed by atoms with Gasteiger partial charge in [0, 0.05) is 0 Å². The van der Waals surface area contributed by atoms with Crippen molar-refractivity contribution >= 4 is 17.0 Å². The molecule has 5 N–H and O–H groups in total. The molecule has 1 saturated heterocycles. The third-order valence-electron chi connectivity index (χ3n) is 3.95. The van der Waals surface area contributed by atoms with Crippen LogP contribution in [0.5, 0.6) is 6.01 Å². The van der Waals surface area contributed by atoms with Crippen molar-refractivity contribution in [2.45, 2.75) is 44.3 Å². The number of anilines is 1. The van der Waals surface area contributed by atoms with Crippen molar-refractivity contribution in [3.8, 4) is 6.01 Å². The minimum absolute atomic E-state index is 0.113. The van der Waals surface area contributed by atoms with Gasteiger partial charge in [0.15, 0.2) is 23.2 Å². The van der Waals surface area contributed by atoms with Crippen LogP contribution in [-0.4, -0.2) is 66.4 Å². The molecule has 0 aromatic carbocycles. The Morgan fingerprint density at radius 2 is 2.12 bits per heavy atom. The highest BCUT2D eigenvalue weighted by Gasteiger charge is 2.44. The van der Waals surface area contributed by atoms with Gasteiger partial charge in [-0.05, 0) is 6.42 Å². The van der Waals surface area contributed by atoms with E-state index in [0.717, 1.165) is 12.8 Å². The van der Waals surface area contributed by atoms with E-state index in [2.05, 4.69) is 15.0 Å². The third-order valence-corrected chi connectivity index (χ3v) is 3.95. The molecule has 0 unspecified atom stereocenters. The molecule has 4 atom stereocenters. The van der Waals surface area contributed by atoms with Gasteiger partial charge in [0.2, 0.25) is 0 Å². The summed E-state index contributed by atoms with van der Waals surface area (Å²) in [5.41, 5.74) is 6.56. The van der Waals surface area contributed by atoms with E-state index < -0.39 is 31.1 Å². The number of aliphatic hydroxyl groups is 3. The van der Waals surface area contributed by atoms with Crippen LogP contribution in [-0.2, 0) is 4.74 Å². The number of ether oxygens (including phenoxy) is 2. The molecule has 0 radical (unpaired) electrons. The standard InChI is InChI=1S/C14H21N5O5/c1-2-3-4-23-14-17-11(15)8-12(18-14)19(6-16-8)13-10(22)9(21)7(5-20)24-13/h6-7,9-10,13,20-22H,2-5H2,1H3,(H2,15,17,18)/t7-,9-,10-,13+/m1/s1. The van der Waals surface area contributed by atoms with Gasteiger partial charge in [0.1, 0.15) is 18.3 Å². The molecular weight excluding hydrogens is 318 g/mol. The molecule has 10 nitrogen and oxygen atoms in total. The molecule has 1 aliphatic heterocycles. The Morgan fingerprint density at radius 1 is 1.33 bits per heavy atom. The molecule has 0 spiro atoms. The maximum atomic E-state index is 10.2. The van der Waals surface area contributed by atoms with Gasteiger partial charge in [-0.1, -0.05) is 13.3 Å². The maximum absolute atomic E-state index is 10.2. The Balaban J connectivity index is 1.94. The Morgan fingerprint density at radius 3 is 2.79 bits per heavy atom. The number of nitrogens with zero attached hydrogens (tertiary/aromatic N) is 4. The largest absolute Gasteiger partial charge is 0.463 e.